The van der Waals surface area contributed by atoms with Crippen molar-refractivity contribution in [2.24, 2.45) is 5.73 Å². The van der Waals surface area contributed by atoms with E-state index >= 15 is 0 Å². The Hall–Kier alpha value is -1.30. The van der Waals surface area contributed by atoms with Crippen LogP contribution in [0.1, 0.15) is 13.3 Å². The molecule has 0 unspecified atom stereocenters. The second kappa shape index (κ2) is 6.24. The van der Waals surface area contributed by atoms with Crippen molar-refractivity contribution in [1.29, 1.82) is 0 Å². The number of nitrogens with one attached hydrogen (secondary N) is 1. The van der Waals surface area contributed by atoms with Gasteiger partial charge in [-0.1, -0.05) is 0 Å². The number of carbonyl (C=O) groups is 2. The zero-order valence-electron chi connectivity index (χ0n) is 7.45. The average molecular weight is 190 g/mol. The van der Waals surface area contributed by atoms with E-state index in [-0.39, 0.29) is 13.2 Å². The van der Waals surface area contributed by atoms with Gasteiger partial charge >= 0.3 is 12.0 Å². The molecule has 0 radical (unpaired) electrons. The maximum atomic E-state index is 11.0. The molecule has 13 heavy (non-hydrogen) atoms. The van der Waals surface area contributed by atoms with Gasteiger partial charge in [0.2, 0.25) is 0 Å². The van der Waals surface area contributed by atoms with Crippen LogP contribution >= 0.6 is 0 Å². The lowest BCUT2D eigenvalue weighted by molar-refractivity contribution is -0.145. The normalized spacial score (nSPS) is 11.8. The van der Waals surface area contributed by atoms with Crippen LogP contribution < -0.4 is 11.1 Å². The number of aliphatic hydroxyl groups excluding tert-OH is 1. The van der Waals surface area contributed by atoms with Crippen molar-refractivity contribution >= 4 is 12.0 Å². The molecule has 0 aromatic carbocycles. The molecule has 0 saturated heterocycles. The molecule has 0 bridgehead atoms. The number of aliphatic hydroxyl groups is 1. The Balaban J connectivity index is 3.63. The summed E-state index contributed by atoms with van der Waals surface area (Å²) in [4.78, 5) is 21.3. The number of rotatable bonds is 5. The Labute approximate surface area is 76.0 Å². The Bertz CT molecular complexity index is 183. The first-order valence-electron chi connectivity index (χ1n) is 3.91. The van der Waals surface area contributed by atoms with Gasteiger partial charge in [-0.3, -0.25) is 0 Å². The summed E-state index contributed by atoms with van der Waals surface area (Å²) in [5, 5.41) is 10.6. The zero-order chi connectivity index (χ0) is 10.3. The van der Waals surface area contributed by atoms with Gasteiger partial charge in [-0.15, -0.1) is 0 Å². The molecule has 0 aromatic rings. The third kappa shape index (κ3) is 5.92. The first-order valence-corrected chi connectivity index (χ1v) is 3.91. The zero-order valence-corrected chi connectivity index (χ0v) is 7.45. The fourth-order valence-corrected chi connectivity index (χ4v) is 0.635. The number of urea groups is 1. The Kier molecular flexibility index (Phi) is 5.62. The highest BCUT2D eigenvalue weighted by molar-refractivity contribution is 5.82. The molecule has 0 rings (SSSR count). The summed E-state index contributed by atoms with van der Waals surface area (Å²) in [6, 6.07) is -1.53. The molecule has 0 saturated carbocycles. The average Bonchev–Trinajstić information content (AvgIpc) is 2.03. The minimum atomic E-state index is -0.772. The van der Waals surface area contributed by atoms with Crippen LogP contribution in [0.5, 0.6) is 0 Å². The van der Waals surface area contributed by atoms with E-state index in [2.05, 4.69) is 10.1 Å². The number of esters is 1. The smallest absolute Gasteiger partial charge is 0.328 e. The van der Waals surface area contributed by atoms with Crippen LogP contribution in [0.3, 0.4) is 0 Å². The molecule has 0 aromatic heterocycles. The van der Waals surface area contributed by atoms with Gasteiger partial charge in [0.15, 0.2) is 0 Å². The summed E-state index contributed by atoms with van der Waals surface area (Å²) in [5.41, 5.74) is 4.79. The monoisotopic (exact) mass is 190 g/mol. The summed E-state index contributed by atoms with van der Waals surface area (Å²) in [6.07, 6.45) is 0.384. The van der Waals surface area contributed by atoms with Gasteiger partial charge in [-0.2, -0.15) is 0 Å². The van der Waals surface area contributed by atoms with Crippen LogP contribution in [-0.2, 0) is 9.53 Å². The lowest BCUT2D eigenvalue weighted by Gasteiger charge is -2.10. The minimum Gasteiger partial charge on any atom is -0.464 e. The Morgan fingerprint density at radius 1 is 1.62 bits per heavy atom. The van der Waals surface area contributed by atoms with Crippen molar-refractivity contribution in [2.45, 2.75) is 19.4 Å². The first-order chi connectivity index (χ1) is 6.07. The van der Waals surface area contributed by atoms with Gasteiger partial charge in [0.25, 0.3) is 0 Å². The van der Waals surface area contributed by atoms with E-state index in [1.54, 1.807) is 0 Å². The quantitative estimate of drug-likeness (QED) is 0.381. The number of amides is 2. The highest BCUT2D eigenvalue weighted by Crippen LogP contribution is 1.89. The predicted octanol–water partition coefficient (Wildman–Crippen LogP) is -1.03. The maximum Gasteiger partial charge on any atom is 0.328 e. The molecule has 0 spiro atoms. The molecule has 4 N–H and O–H groups in total. The standard InChI is InChI=1S/C7H14N2O4/c1-5(9-7(8)12)6(11)13-4-2-3-10/h5,10H,2-4H2,1H3,(H3,8,9,12)/t5-/m0/s1. The van der Waals surface area contributed by atoms with Crippen LogP contribution in [0.2, 0.25) is 0 Å². The van der Waals surface area contributed by atoms with Crippen molar-refractivity contribution < 1.29 is 19.4 Å². The molecule has 0 heterocycles. The van der Waals surface area contributed by atoms with Gasteiger partial charge in [0.05, 0.1) is 6.61 Å². The van der Waals surface area contributed by atoms with Crippen LogP contribution in [-0.4, -0.2) is 36.4 Å². The number of ether oxygens (including phenoxy) is 1. The minimum absolute atomic E-state index is 0.0368. The summed E-state index contributed by atoms with van der Waals surface area (Å²) < 4.78 is 4.68. The summed E-state index contributed by atoms with van der Waals surface area (Å²) in [7, 11) is 0. The van der Waals surface area contributed by atoms with E-state index in [1.165, 1.54) is 6.92 Å². The number of hydrogen-bond donors (Lipinski definition) is 3. The SMILES string of the molecule is C[C@H](NC(N)=O)C(=O)OCCCO. The van der Waals surface area contributed by atoms with Gasteiger partial charge in [0.1, 0.15) is 6.04 Å². The van der Waals surface area contributed by atoms with E-state index in [4.69, 9.17) is 10.8 Å². The van der Waals surface area contributed by atoms with Crippen molar-refractivity contribution in [3.63, 3.8) is 0 Å². The van der Waals surface area contributed by atoms with E-state index in [1.807, 2.05) is 0 Å². The van der Waals surface area contributed by atoms with Crippen molar-refractivity contribution in [3.05, 3.63) is 0 Å². The first kappa shape index (κ1) is 11.7. The molecule has 6 heteroatoms. The van der Waals surface area contributed by atoms with Gasteiger partial charge in [-0.25, -0.2) is 9.59 Å². The largest absolute Gasteiger partial charge is 0.464 e. The van der Waals surface area contributed by atoms with Crippen molar-refractivity contribution in [2.75, 3.05) is 13.2 Å². The Morgan fingerprint density at radius 3 is 2.69 bits per heavy atom. The molecular weight excluding hydrogens is 176 g/mol. The van der Waals surface area contributed by atoms with Crippen LogP contribution in [0.15, 0.2) is 0 Å². The van der Waals surface area contributed by atoms with E-state index in [0.717, 1.165) is 0 Å². The molecule has 0 aliphatic heterocycles. The molecular formula is C7H14N2O4. The summed E-state index contributed by atoms with van der Waals surface area (Å²) in [6.45, 7) is 1.57. The number of nitrogens with two attached hydrogens (primary N) is 1. The number of hydrogen-bond acceptors (Lipinski definition) is 4. The highest BCUT2D eigenvalue weighted by atomic mass is 16.5. The van der Waals surface area contributed by atoms with Gasteiger partial charge < -0.3 is 20.9 Å². The molecule has 76 valence electrons. The van der Waals surface area contributed by atoms with Crippen LogP contribution in [0.4, 0.5) is 4.79 Å². The second-order valence-corrected chi connectivity index (χ2v) is 2.47. The predicted molar refractivity (Wildman–Crippen MR) is 44.8 cm³/mol. The summed E-state index contributed by atoms with van der Waals surface area (Å²) in [5.74, 6) is -0.563. The topological polar surface area (TPSA) is 102 Å². The third-order valence-corrected chi connectivity index (χ3v) is 1.26. The number of primary amides is 1. The fraction of sp³-hybridized carbons (Fsp3) is 0.714. The van der Waals surface area contributed by atoms with E-state index in [0.29, 0.717) is 6.42 Å². The van der Waals surface area contributed by atoms with Crippen LogP contribution in [0, 0.1) is 0 Å². The highest BCUT2D eigenvalue weighted by Gasteiger charge is 2.14. The summed E-state index contributed by atoms with van der Waals surface area (Å²) >= 11 is 0. The van der Waals surface area contributed by atoms with Gasteiger partial charge in [0, 0.05) is 13.0 Å². The lowest BCUT2D eigenvalue weighted by Crippen LogP contribution is -2.42. The maximum absolute atomic E-state index is 11.0. The van der Waals surface area contributed by atoms with Crippen molar-refractivity contribution in [1.82, 2.24) is 5.32 Å². The molecule has 1 atom stereocenters. The lowest BCUT2D eigenvalue weighted by atomic mass is 10.3. The molecule has 0 aliphatic carbocycles. The molecule has 2 amide bonds. The fourth-order valence-electron chi connectivity index (χ4n) is 0.635. The van der Waals surface area contributed by atoms with E-state index in [9.17, 15) is 9.59 Å². The molecule has 0 fully saturated rings. The van der Waals surface area contributed by atoms with Crippen LogP contribution in [0.25, 0.3) is 0 Å². The Morgan fingerprint density at radius 2 is 2.23 bits per heavy atom. The van der Waals surface area contributed by atoms with Crippen molar-refractivity contribution in [3.8, 4) is 0 Å². The molecule has 6 nitrogen and oxygen atoms in total. The number of carbonyl (C=O) groups excluding carboxylic acids is 2. The van der Waals surface area contributed by atoms with E-state index < -0.39 is 18.0 Å². The third-order valence-electron chi connectivity index (χ3n) is 1.26. The molecule has 0 aliphatic rings. The van der Waals surface area contributed by atoms with Gasteiger partial charge in [-0.05, 0) is 6.92 Å². The second-order valence-electron chi connectivity index (χ2n) is 2.47.